The number of nitrogens with two attached hydrogens (primary N) is 1. The second kappa shape index (κ2) is 8.57. The monoisotopic (exact) mass is 318 g/mol. The van der Waals surface area contributed by atoms with Crippen LogP contribution in [-0.2, 0) is 19.4 Å². The molecule has 22 heavy (non-hydrogen) atoms. The summed E-state index contributed by atoms with van der Waals surface area (Å²) in [6.45, 7) is 4.76. The van der Waals surface area contributed by atoms with Crippen molar-refractivity contribution in [3.8, 4) is 0 Å². The van der Waals surface area contributed by atoms with E-state index in [-0.39, 0.29) is 18.3 Å². The van der Waals surface area contributed by atoms with Crippen LogP contribution in [0.1, 0.15) is 40.9 Å². The predicted octanol–water partition coefficient (Wildman–Crippen LogP) is 3.94. The van der Waals surface area contributed by atoms with Crippen LogP contribution in [0.25, 0.3) is 0 Å². The molecular formula is C18H23ClN2O. The first-order chi connectivity index (χ1) is 10.2. The molecule has 118 valence electrons. The van der Waals surface area contributed by atoms with Crippen LogP contribution in [0, 0.1) is 0 Å². The number of anilines is 1. The molecule has 0 saturated heterocycles. The van der Waals surface area contributed by atoms with E-state index >= 15 is 0 Å². The van der Waals surface area contributed by atoms with Crippen molar-refractivity contribution in [2.24, 2.45) is 5.73 Å². The molecule has 4 heteroatoms. The number of aryl methyl sites for hydroxylation is 2. The van der Waals surface area contributed by atoms with Crippen molar-refractivity contribution in [3.63, 3.8) is 0 Å². The van der Waals surface area contributed by atoms with Gasteiger partial charge < -0.3 is 11.1 Å². The van der Waals surface area contributed by atoms with Crippen molar-refractivity contribution < 1.29 is 4.79 Å². The van der Waals surface area contributed by atoms with Gasteiger partial charge in [0.15, 0.2) is 0 Å². The first kappa shape index (κ1) is 18.2. The van der Waals surface area contributed by atoms with E-state index < -0.39 is 0 Å². The Bertz CT molecular complexity index is 623. The molecule has 0 aromatic heterocycles. The number of rotatable bonds is 5. The van der Waals surface area contributed by atoms with Gasteiger partial charge in [-0.25, -0.2) is 0 Å². The molecule has 1 amide bonds. The fourth-order valence-electron chi connectivity index (χ4n) is 2.37. The van der Waals surface area contributed by atoms with Crippen LogP contribution >= 0.6 is 12.4 Å². The van der Waals surface area contributed by atoms with Crippen LogP contribution in [0.15, 0.2) is 42.5 Å². The standard InChI is InChI=1S/C18H22N2O.ClH/c1-3-14-9-10-17(11-15(14)4-2)20-18(21)16-7-5-13(12-19)6-8-16;/h5-11H,3-4,12,19H2,1-2H3,(H,20,21);1H. The Morgan fingerprint density at radius 1 is 1.00 bits per heavy atom. The minimum atomic E-state index is -0.0927. The molecule has 0 aliphatic heterocycles. The zero-order chi connectivity index (χ0) is 15.2. The summed E-state index contributed by atoms with van der Waals surface area (Å²) in [6.07, 6.45) is 1.98. The van der Waals surface area contributed by atoms with Gasteiger partial charge in [-0.05, 0) is 53.8 Å². The molecule has 2 rings (SSSR count). The van der Waals surface area contributed by atoms with Crippen LogP contribution in [0.3, 0.4) is 0 Å². The molecule has 0 fully saturated rings. The van der Waals surface area contributed by atoms with Gasteiger partial charge in [-0.1, -0.05) is 32.0 Å². The van der Waals surface area contributed by atoms with Crippen LogP contribution < -0.4 is 11.1 Å². The summed E-state index contributed by atoms with van der Waals surface area (Å²) in [7, 11) is 0. The van der Waals surface area contributed by atoms with Crippen LogP contribution in [0.5, 0.6) is 0 Å². The van der Waals surface area contributed by atoms with Crippen LogP contribution in [0.2, 0.25) is 0 Å². The Kier molecular flexibility index (Phi) is 7.09. The smallest absolute Gasteiger partial charge is 0.255 e. The summed E-state index contributed by atoms with van der Waals surface area (Å²) in [5, 5.41) is 2.95. The van der Waals surface area contributed by atoms with Crippen molar-refractivity contribution in [1.29, 1.82) is 0 Å². The van der Waals surface area contributed by atoms with Gasteiger partial charge in [0.2, 0.25) is 0 Å². The number of benzene rings is 2. The number of hydrogen-bond donors (Lipinski definition) is 2. The van der Waals surface area contributed by atoms with E-state index in [1.807, 2.05) is 18.2 Å². The zero-order valence-corrected chi connectivity index (χ0v) is 13.9. The summed E-state index contributed by atoms with van der Waals surface area (Å²) in [5.41, 5.74) is 10.7. The molecule has 0 atom stereocenters. The summed E-state index contributed by atoms with van der Waals surface area (Å²) in [5.74, 6) is -0.0927. The number of nitrogens with one attached hydrogen (secondary N) is 1. The molecule has 0 heterocycles. The molecule has 0 aliphatic carbocycles. The molecule has 0 bridgehead atoms. The van der Waals surface area contributed by atoms with E-state index in [1.165, 1.54) is 11.1 Å². The van der Waals surface area contributed by atoms with Crippen molar-refractivity contribution in [2.45, 2.75) is 33.2 Å². The summed E-state index contributed by atoms with van der Waals surface area (Å²) in [6, 6.07) is 13.5. The lowest BCUT2D eigenvalue weighted by Gasteiger charge is -2.10. The predicted molar refractivity (Wildman–Crippen MR) is 94.7 cm³/mol. The Balaban J connectivity index is 0.00000242. The molecule has 0 spiro atoms. The SMILES string of the molecule is CCc1ccc(NC(=O)c2ccc(CN)cc2)cc1CC.Cl. The maximum absolute atomic E-state index is 12.2. The minimum absolute atomic E-state index is 0. The Hall–Kier alpha value is -1.84. The molecule has 2 aromatic rings. The van der Waals surface area contributed by atoms with E-state index in [9.17, 15) is 4.79 Å². The van der Waals surface area contributed by atoms with Gasteiger partial charge in [0.1, 0.15) is 0 Å². The number of halogens is 1. The average Bonchev–Trinajstić information content (AvgIpc) is 2.54. The van der Waals surface area contributed by atoms with Gasteiger partial charge in [0.25, 0.3) is 5.91 Å². The van der Waals surface area contributed by atoms with Gasteiger partial charge in [0.05, 0.1) is 0 Å². The number of amides is 1. The highest BCUT2D eigenvalue weighted by Gasteiger charge is 2.07. The number of hydrogen-bond acceptors (Lipinski definition) is 2. The summed E-state index contributed by atoms with van der Waals surface area (Å²) >= 11 is 0. The molecule has 0 aliphatic rings. The van der Waals surface area contributed by atoms with E-state index in [0.717, 1.165) is 24.1 Å². The topological polar surface area (TPSA) is 55.1 Å². The third-order valence-electron chi connectivity index (χ3n) is 3.68. The van der Waals surface area contributed by atoms with E-state index in [1.54, 1.807) is 12.1 Å². The normalized spacial score (nSPS) is 9.95. The van der Waals surface area contributed by atoms with Crippen LogP contribution in [-0.4, -0.2) is 5.91 Å². The second-order valence-electron chi connectivity index (χ2n) is 5.05. The van der Waals surface area contributed by atoms with Gasteiger partial charge in [0, 0.05) is 17.8 Å². The fourth-order valence-corrected chi connectivity index (χ4v) is 2.37. The largest absolute Gasteiger partial charge is 0.326 e. The number of carbonyl (C=O) groups is 1. The lowest BCUT2D eigenvalue weighted by atomic mass is 10.0. The molecule has 3 N–H and O–H groups in total. The first-order valence-corrected chi connectivity index (χ1v) is 7.40. The van der Waals surface area contributed by atoms with E-state index in [2.05, 4.69) is 31.3 Å². The van der Waals surface area contributed by atoms with Gasteiger partial charge >= 0.3 is 0 Å². The van der Waals surface area contributed by atoms with E-state index in [0.29, 0.717) is 12.1 Å². The third-order valence-corrected chi connectivity index (χ3v) is 3.68. The van der Waals surface area contributed by atoms with Crippen molar-refractivity contribution in [2.75, 3.05) is 5.32 Å². The molecule has 0 radical (unpaired) electrons. The Morgan fingerprint density at radius 2 is 1.64 bits per heavy atom. The lowest BCUT2D eigenvalue weighted by Crippen LogP contribution is -2.12. The van der Waals surface area contributed by atoms with E-state index in [4.69, 9.17) is 5.73 Å². The maximum Gasteiger partial charge on any atom is 0.255 e. The Labute approximate surface area is 138 Å². The highest BCUT2D eigenvalue weighted by Crippen LogP contribution is 2.18. The average molecular weight is 319 g/mol. The van der Waals surface area contributed by atoms with Gasteiger partial charge in [-0.2, -0.15) is 0 Å². The Morgan fingerprint density at radius 3 is 2.18 bits per heavy atom. The van der Waals surface area contributed by atoms with Crippen molar-refractivity contribution in [1.82, 2.24) is 0 Å². The van der Waals surface area contributed by atoms with Crippen molar-refractivity contribution in [3.05, 3.63) is 64.7 Å². The van der Waals surface area contributed by atoms with Gasteiger partial charge in [-0.15, -0.1) is 12.4 Å². The molecule has 2 aromatic carbocycles. The molecule has 0 unspecified atom stereocenters. The summed E-state index contributed by atoms with van der Waals surface area (Å²) in [4.78, 5) is 12.2. The number of carbonyl (C=O) groups excluding carboxylic acids is 1. The fraction of sp³-hybridized carbons (Fsp3) is 0.278. The molecular weight excluding hydrogens is 296 g/mol. The lowest BCUT2D eigenvalue weighted by molar-refractivity contribution is 0.102. The third kappa shape index (κ3) is 4.33. The van der Waals surface area contributed by atoms with Crippen LogP contribution in [0.4, 0.5) is 5.69 Å². The highest BCUT2D eigenvalue weighted by molar-refractivity contribution is 6.04. The van der Waals surface area contributed by atoms with Gasteiger partial charge in [-0.3, -0.25) is 4.79 Å². The quantitative estimate of drug-likeness (QED) is 0.877. The summed E-state index contributed by atoms with van der Waals surface area (Å²) < 4.78 is 0. The van der Waals surface area contributed by atoms with Crippen molar-refractivity contribution >= 4 is 24.0 Å². The second-order valence-corrected chi connectivity index (χ2v) is 5.05. The molecule has 3 nitrogen and oxygen atoms in total. The first-order valence-electron chi connectivity index (χ1n) is 7.40. The zero-order valence-electron chi connectivity index (χ0n) is 13.1. The molecule has 0 saturated carbocycles. The maximum atomic E-state index is 12.2. The highest BCUT2D eigenvalue weighted by atomic mass is 35.5. The minimum Gasteiger partial charge on any atom is -0.326 e.